The average molecular weight is 265 g/mol. The maximum absolute atomic E-state index is 12.1. The van der Waals surface area contributed by atoms with Crippen molar-refractivity contribution in [2.75, 3.05) is 6.54 Å². The van der Waals surface area contributed by atoms with Crippen LogP contribution in [0.5, 0.6) is 0 Å². The number of hydrogen-bond acceptors (Lipinski definition) is 1. The van der Waals surface area contributed by atoms with Crippen molar-refractivity contribution in [3.05, 3.63) is 70.8 Å². The quantitative estimate of drug-likeness (QED) is 0.830. The van der Waals surface area contributed by atoms with Crippen molar-refractivity contribution < 1.29 is 9.48 Å². The number of rotatable bonds is 2. The van der Waals surface area contributed by atoms with Crippen LogP contribution in [0.15, 0.2) is 48.5 Å². The third kappa shape index (κ3) is 2.62. The summed E-state index contributed by atoms with van der Waals surface area (Å²) in [4.78, 5) is 12.1. The highest BCUT2D eigenvalue weighted by Gasteiger charge is 2.18. The molecule has 1 aliphatic heterocycles. The van der Waals surface area contributed by atoms with Crippen LogP contribution >= 0.6 is 0 Å². The normalized spacial score (nSPS) is 13.3. The summed E-state index contributed by atoms with van der Waals surface area (Å²) in [7, 11) is 0. The zero-order valence-electron chi connectivity index (χ0n) is 11.5. The number of nitrogens with zero attached hydrogens (tertiary/aromatic N) is 1. The Morgan fingerprint density at radius 1 is 1.15 bits per heavy atom. The van der Waals surface area contributed by atoms with E-state index in [1.807, 2.05) is 41.2 Å². The summed E-state index contributed by atoms with van der Waals surface area (Å²) in [6.07, 6.45) is 2.95. The molecule has 100 valence electrons. The van der Waals surface area contributed by atoms with Crippen LogP contribution in [0.1, 0.15) is 27.0 Å². The molecule has 0 fully saturated rings. The van der Waals surface area contributed by atoms with Gasteiger partial charge in [0.1, 0.15) is 0 Å². The highest BCUT2D eigenvalue weighted by molar-refractivity contribution is 5.93. The summed E-state index contributed by atoms with van der Waals surface area (Å²) in [5.74, 6) is -0.0718. The SMILES string of the molecule is Cc1ccc2c(c1)CC[N+](NC(=O)c1ccccc1)=C2. The van der Waals surface area contributed by atoms with Gasteiger partial charge in [0, 0.05) is 17.5 Å². The Hall–Kier alpha value is -2.42. The third-order valence-electron chi connectivity index (χ3n) is 3.50. The molecule has 0 saturated carbocycles. The van der Waals surface area contributed by atoms with Gasteiger partial charge in [-0.15, -0.1) is 10.1 Å². The number of carbonyl (C=O) groups is 1. The van der Waals surface area contributed by atoms with Crippen LogP contribution in [-0.4, -0.2) is 23.4 Å². The largest absolute Gasteiger partial charge is 0.304 e. The lowest BCUT2D eigenvalue weighted by molar-refractivity contribution is -0.568. The first-order valence-electron chi connectivity index (χ1n) is 6.79. The topological polar surface area (TPSA) is 32.1 Å². The monoisotopic (exact) mass is 265 g/mol. The molecule has 0 spiro atoms. The van der Waals surface area contributed by atoms with Gasteiger partial charge < -0.3 is 0 Å². The van der Waals surface area contributed by atoms with E-state index in [-0.39, 0.29) is 5.91 Å². The molecular weight excluding hydrogens is 248 g/mol. The molecule has 0 radical (unpaired) electrons. The van der Waals surface area contributed by atoms with Gasteiger partial charge in [-0.1, -0.05) is 35.9 Å². The van der Waals surface area contributed by atoms with Gasteiger partial charge in [-0.3, -0.25) is 4.79 Å². The number of amides is 1. The van der Waals surface area contributed by atoms with Crippen LogP contribution in [0, 0.1) is 6.92 Å². The van der Waals surface area contributed by atoms with Gasteiger partial charge in [0.15, 0.2) is 6.54 Å². The number of hydrogen-bond donors (Lipinski definition) is 1. The van der Waals surface area contributed by atoms with Crippen LogP contribution < -0.4 is 5.43 Å². The molecule has 1 heterocycles. The van der Waals surface area contributed by atoms with Crippen LogP contribution in [0.2, 0.25) is 0 Å². The summed E-state index contributed by atoms with van der Waals surface area (Å²) in [6.45, 7) is 2.90. The number of benzene rings is 2. The Morgan fingerprint density at radius 2 is 1.95 bits per heavy atom. The van der Waals surface area contributed by atoms with E-state index in [9.17, 15) is 4.79 Å². The lowest BCUT2D eigenvalue weighted by Crippen LogP contribution is -2.38. The van der Waals surface area contributed by atoms with Gasteiger partial charge in [0.25, 0.3) is 0 Å². The molecule has 2 aromatic rings. The molecule has 2 aromatic carbocycles. The number of carbonyl (C=O) groups excluding carboxylic acids is 1. The highest BCUT2D eigenvalue weighted by atomic mass is 16.2. The van der Waals surface area contributed by atoms with Gasteiger partial charge in [0.05, 0.1) is 0 Å². The van der Waals surface area contributed by atoms with Gasteiger partial charge in [-0.05, 0) is 30.7 Å². The molecule has 1 N–H and O–H groups in total. The van der Waals surface area contributed by atoms with E-state index < -0.39 is 0 Å². The number of aryl methyl sites for hydroxylation is 1. The second kappa shape index (κ2) is 5.29. The second-order valence-corrected chi connectivity index (χ2v) is 5.08. The fourth-order valence-corrected chi connectivity index (χ4v) is 2.42. The Bertz CT molecular complexity index is 675. The Balaban J connectivity index is 1.79. The molecular formula is C17H17N2O+. The van der Waals surface area contributed by atoms with Crippen LogP contribution in [-0.2, 0) is 6.42 Å². The van der Waals surface area contributed by atoms with Gasteiger partial charge in [-0.25, -0.2) is 0 Å². The standard InChI is InChI=1S/C17H16N2O/c1-13-7-8-16-12-19(10-9-15(16)11-13)18-17(20)14-5-3-2-4-6-14/h2-8,11-12H,9-10H2,1H3/p+1. The van der Waals surface area contributed by atoms with Crippen molar-refractivity contribution in [1.29, 1.82) is 0 Å². The summed E-state index contributed by atoms with van der Waals surface area (Å²) < 4.78 is 1.87. The van der Waals surface area contributed by atoms with E-state index in [2.05, 4.69) is 30.5 Å². The minimum absolute atomic E-state index is 0.0718. The third-order valence-corrected chi connectivity index (χ3v) is 3.50. The van der Waals surface area contributed by atoms with Crippen LogP contribution in [0.25, 0.3) is 0 Å². The zero-order chi connectivity index (χ0) is 13.9. The number of nitrogens with one attached hydrogen (secondary N) is 1. The van der Waals surface area contributed by atoms with Crippen LogP contribution in [0.4, 0.5) is 0 Å². The first-order valence-corrected chi connectivity index (χ1v) is 6.79. The lowest BCUT2D eigenvalue weighted by atomic mass is 10.0. The van der Waals surface area contributed by atoms with Crippen molar-refractivity contribution in [3.8, 4) is 0 Å². The molecule has 0 aliphatic carbocycles. The van der Waals surface area contributed by atoms with Crippen molar-refractivity contribution in [2.45, 2.75) is 13.3 Å². The van der Waals surface area contributed by atoms with E-state index in [0.717, 1.165) is 13.0 Å². The number of fused-ring (bicyclic) bond motifs is 1. The van der Waals surface area contributed by atoms with E-state index in [1.54, 1.807) is 0 Å². The molecule has 0 bridgehead atoms. The number of hydrazine groups is 1. The maximum Gasteiger partial charge on any atom is 0.304 e. The molecule has 0 atom stereocenters. The molecule has 0 saturated heterocycles. The zero-order valence-corrected chi connectivity index (χ0v) is 11.5. The van der Waals surface area contributed by atoms with E-state index in [1.165, 1.54) is 16.7 Å². The smallest absolute Gasteiger partial charge is 0.264 e. The van der Waals surface area contributed by atoms with Crippen molar-refractivity contribution in [2.24, 2.45) is 0 Å². The first-order chi connectivity index (χ1) is 9.72. The van der Waals surface area contributed by atoms with Gasteiger partial charge >= 0.3 is 5.91 Å². The Labute approximate surface area is 118 Å². The molecule has 1 aliphatic rings. The predicted octanol–water partition coefficient (Wildman–Crippen LogP) is 2.33. The predicted molar refractivity (Wildman–Crippen MR) is 79.1 cm³/mol. The van der Waals surface area contributed by atoms with E-state index in [0.29, 0.717) is 5.56 Å². The van der Waals surface area contributed by atoms with Gasteiger partial charge in [0.2, 0.25) is 6.21 Å². The summed E-state index contributed by atoms with van der Waals surface area (Å²) in [5, 5.41) is 0. The van der Waals surface area contributed by atoms with Gasteiger partial charge in [-0.2, -0.15) is 0 Å². The molecule has 3 nitrogen and oxygen atoms in total. The summed E-state index contributed by atoms with van der Waals surface area (Å²) >= 11 is 0. The summed E-state index contributed by atoms with van der Waals surface area (Å²) in [6, 6.07) is 15.7. The number of hydrazone groups is 1. The fourth-order valence-electron chi connectivity index (χ4n) is 2.42. The molecule has 3 rings (SSSR count). The van der Waals surface area contributed by atoms with Crippen molar-refractivity contribution in [3.63, 3.8) is 0 Å². The first kappa shape index (κ1) is 12.6. The van der Waals surface area contributed by atoms with Crippen molar-refractivity contribution in [1.82, 2.24) is 5.43 Å². The van der Waals surface area contributed by atoms with E-state index in [4.69, 9.17) is 0 Å². The molecule has 0 unspecified atom stereocenters. The molecule has 3 heteroatoms. The molecule has 1 amide bonds. The Kier molecular flexibility index (Phi) is 3.33. The second-order valence-electron chi connectivity index (χ2n) is 5.08. The van der Waals surface area contributed by atoms with E-state index >= 15 is 0 Å². The fraction of sp³-hybridized carbons (Fsp3) is 0.176. The Morgan fingerprint density at radius 3 is 2.75 bits per heavy atom. The minimum atomic E-state index is -0.0718. The molecule has 20 heavy (non-hydrogen) atoms. The maximum atomic E-state index is 12.1. The molecule has 0 aromatic heterocycles. The minimum Gasteiger partial charge on any atom is -0.264 e. The van der Waals surface area contributed by atoms with Crippen molar-refractivity contribution >= 4 is 12.1 Å². The highest BCUT2D eigenvalue weighted by Crippen LogP contribution is 2.13. The van der Waals surface area contributed by atoms with Crippen LogP contribution in [0.3, 0.4) is 0 Å². The average Bonchev–Trinajstić information content (AvgIpc) is 2.48. The lowest BCUT2D eigenvalue weighted by Gasteiger charge is -2.12. The summed E-state index contributed by atoms with van der Waals surface area (Å²) in [5.41, 5.74) is 7.40.